The highest BCUT2D eigenvalue weighted by molar-refractivity contribution is 8.77. The zero-order valence-electron chi connectivity index (χ0n) is 109. The fourth-order valence-electron chi connectivity index (χ4n) is 9.66. The van der Waals surface area contributed by atoms with Crippen molar-refractivity contribution in [3.63, 3.8) is 0 Å². The quantitative estimate of drug-likeness (QED) is 0.0201. The van der Waals surface area contributed by atoms with E-state index in [2.05, 4.69) is 257 Å². The monoisotopic (exact) mass is 2150 g/mol. The van der Waals surface area contributed by atoms with E-state index in [0.29, 0.717) is 0 Å². The molecule has 3 aliphatic rings. The Morgan fingerprint density at radius 2 is 0.352 bits per heavy atom. The van der Waals surface area contributed by atoms with E-state index in [9.17, 15) is 0 Å². The SMILES string of the molecule is CC.CC.CC.CC.CC.CC.CC.CC.CC.CC.CC.CC.CC.CC.CC.CC.CC.CC.CC.CC.CC.CC.CCCCSSCCCC.CCN.CCNC.CCNC.[CH3-].[CH3-].[CH3-].[CH3-].c1cc[n+](CCCSSCCC[n+]2ccccc2)cc1.c1cc[n+](CCCSSCCC[n+]2ccccc2)cc1.c1ccc2c(c1)CCCC2.c1ccc2c(c1)CCCC2.c1ccc2c(c1)CCCC2.c1ccncc1. The molecule has 0 amide bonds. The number of hydrogen-bond donors (Lipinski definition) is 3. The maximum atomic E-state index is 4.85. The molecule has 3 aliphatic carbocycles. The Bertz CT molecular complexity index is 2470. The molecule has 145 heavy (non-hydrogen) atoms. The van der Waals surface area contributed by atoms with Crippen LogP contribution in [0.25, 0.3) is 0 Å². The first-order chi connectivity index (χ1) is 70.0. The van der Waals surface area contributed by atoms with Crippen molar-refractivity contribution in [1.82, 2.24) is 15.6 Å². The second kappa shape index (κ2) is 245. The van der Waals surface area contributed by atoms with E-state index in [4.69, 9.17) is 5.73 Å². The molecule has 0 unspecified atom stereocenters. The Kier molecular flexibility index (Phi) is 346. The number of rotatable bonds is 27. The third-order valence-electron chi connectivity index (χ3n) is 15.2. The fourth-order valence-corrected chi connectivity index (χ4v) is 16.4. The van der Waals surface area contributed by atoms with Crippen LogP contribution in [0, 0.1) is 29.7 Å². The van der Waals surface area contributed by atoms with Gasteiger partial charge in [0.15, 0.2) is 49.6 Å². The summed E-state index contributed by atoms with van der Waals surface area (Å²) in [6.45, 7) is 106. The first kappa shape index (κ1) is 205. The second-order valence-corrected chi connectivity index (χ2v) is 31.4. The van der Waals surface area contributed by atoms with Gasteiger partial charge in [-0.3, -0.25) is 4.98 Å². The van der Waals surface area contributed by atoms with Crippen LogP contribution in [-0.2, 0) is 64.7 Å². The lowest BCUT2D eigenvalue weighted by molar-refractivity contribution is -0.697. The lowest BCUT2D eigenvalue weighted by atomic mass is 9.92. The zero-order chi connectivity index (χ0) is 114. The molecular formula is C131H272N8S6. The molecule has 5 heterocycles. The van der Waals surface area contributed by atoms with Gasteiger partial charge in [-0.25, -0.2) is 18.3 Å². The van der Waals surface area contributed by atoms with Gasteiger partial charge in [-0.05, 0) is 169 Å². The number of benzene rings is 3. The van der Waals surface area contributed by atoms with Crippen LogP contribution in [0.1, 0.15) is 463 Å². The Hall–Kier alpha value is -4.61. The van der Waals surface area contributed by atoms with Crippen LogP contribution in [0.3, 0.4) is 0 Å². The van der Waals surface area contributed by atoms with Gasteiger partial charge in [0.2, 0.25) is 0 Å². The Morgan fingerprint density at radius 3 is 0.462 bits per heavy atom. The van der Waals surface area contributed by atoms with E-state index in [0.717, 1.165) is 45.8 Å². The van der Waals surface area contributed by atoms with Gasteiger partial charge in [-0.15, -0.1) is 0 Å². The van der Waals surface area contributed by atoms with E-state index in [1.807, 2.05) is 409 Å². The molecule has 8 nitrogen and oxygen atoms in total. The summed E-state index contributed by atoms with van der Waals surface area (Å²) in [5.41, 5.74) is 14.3. The number of nitrogens with zero attached hydrogens (tertiary/aromatic N) is 5. The van der Waals surface area contributed by atoms with Crippen LogP contribution >= 0.6 is 64.8 Å². The molecule has 0 saturated heterocycles. The molecule has 4 N–H and O–H groups in total. The minimum Gasteiger partial charge on any atom is -0.358 e. The first-order valence-electron chi connectivity index (χ1n) is 58.5. The summed E-state index contributed by atoms with van der Waals surface area (Å²) >= 11 is 0. The molecule has 0 spiro atoms. The van der Waals surface area contributed by atoms with Crippen LogP contribution in [0.15, 0.2) is 226 Å². The van der Waals surface area contributed by atoms with Crippen LogP contribution < -0.4 is 34.6 Å². The lowest BCUT2D eigenvalue weighted by Crippen LogP contribution is -2.32. The van der Waals surface area contributed by atoms with Crippen LogP contribution in [-0.4, -0.2) is 73.2 Å². The second-order valence-electron chi connectivity index (χ2n) is 23.3. The van der Waals surface area contributed by atoms with E-state index in [1.54, 1.807) is 45.8 Å². The standard InChI is InChI=1S/2C16H22N2S2.3C10H12.C8H18S2.C5H5N.2C3H9N.C2H7N.22C2H6.4CH3/c2*1-3-9-17(10-4-1)13-7-15-19-20-16-8-14-18-11-5-2-6-12-18;3*1-2-6-10-8-4-3-7-9(10)5-1;1-3-5-7-9-10-8-6-4-2;1-2-4-6-5-3-1;2*1-3-4-2;1-2-3;22*1-2;;;;/h2*1-6,9-12H,7-8,13-16H2;3*1-2,5-6H,3-4,7-8H2;3-8H2,1-2H3;1-5H;2*4H,3H2,1-2H3;2-3H2,1H3;22*1-2H3;4*1H3/q2*+2;;;;;;;;;;;;;;;;;;;;;;;;;;;;;;;4*-1. The summed E-state index contributed by atoms with van der Waals surface area (Å²) in [4.78, 5) is 3.78. The molecule has 8 aromatic rings. The van der Waals surface area contributed by atoms with Crippen molar-refractivity contribution in [2.45, 2.75) is 494 Å². The van der Waals surface area contributed by atoms with Crippen LogP contribution in [0.4, 0.5) is 0 Å². The minimum absolute atomic E-state index is 0. The number of fused-ring (bicyclic) bond motifs is 3. The highest BCUT2D eigenvalue weighted by Crippen LogP contribution is 2.26. The average molecular weight is 2150 g/mol. The topological polar surface area (TPSA) is 78.5 Å². The summed E-state index contributed by atoms with van der Waals surface area (Å²) in [7, 11) is 15.9. The number of aryl methyl sites for hydroxylation is 10. The summed E-state index contributed by atoms with van der Waals surface area (Å²) < 4.78 is 8.99. The molecule has 0 aliphatic heterocycles. The maximum Gasteiger partial charge on any atom is 0.168 e. The van der Waals surface area contributed by atoms with Gasteiger partial charge < -0.3 is 46.1 Å². The van der Waals surface area contributed by atoms with Crippen molar-refractivity contribution in [3.8, 4) is 0 Å². The van der Waals surface area contributed by atoms with Gasteiger partial charge in [0.1, 0.15) is 26.2 Å². The van der Waals surface area contributed by atoms with Gasteiger partial charge in [0.05, 0.1) is 0 Å². The van der Waals surface area contributed by atoms with E-state index >= 15 is 0 Å². The van der Waals surface area contributed by atoms with Gasteiger partial charge in [0, 0.05) is 121 Å². The van der Waals surface area contributed by atoms with Gasteiger partial charge in [-0.1, -0.05) is 520 Å². The van der Waals surface area contributed by atoms with Gasteiger partial charge in [-0.2, -0.15) is 0 Å². The lowest BCUT2D eigenvalue weighted by Gasteiger charge is -2.13. The van der Waals surface area contributed by atoms with Crippen molar-refractivity contribution in [1.29, 1.82) is 0 Å². The molecule has 0 bridgehead atoms. The predicted octanol–water partition coefficient (Wildman–Crippen LogP) is 43.8. The molecule has 0 fully saturated rings. The highest BCUT2D eigenvalue weighted by atomic mass is 33.1. The van der Waals surface area contributed by atoms with E-state index in [-0.39, 0.29) is 29.7 Å². The number of hydrogen-bond acceptors (Lipinski definition) is 10. The number of aromatic nitrogens is 5. The molecule has 11 rings (SSSR count). The number of nitrogens with one attached hydrogen (secondary N) is 2. The number of nitrogens with two attached hydrogens (primary N) is 1. The third-order valence-corrected chi connectivity index (χ3v) is 22.9. The predicted molar refractivity (Wildman–Crippen MR) is 712 cm³/mol. The van der Waals surface area contributed by atoms with E-state index in [1.165, 1.54) is 163 Å². The third kappa shape index (κ3) is 188. The molecule has 5 aromatic heterocycles. The molecule has 0 saturated carbocycles. The molecule has 872 valence electrons. The highest BCUT2D eigenvalue weighted by Gasteiger charge is 2.09. The number of unbranched alkanes of at least 4 members (excludes halogenated alkanes) is 2. The van der Waals surface area contributed by atoms with Crippen molar-refractivity contribution >= 4 is 64.8 Å². The Balaban J connectivity index is -0.0000000470. The summed E-state index contributed by atoms with van der Waals surface area (Å²) in [5, 5.41) is 5.86. The molecule has 0 radical (unpaired) electrons. The summed E-state index contributed by atoms with van der Waals surface area (Å²) in [5.74, 6) is 7.59. The Labute approximate surface area is 947 Å². The zero-order valence-corrected chi connectivity index (χ0v) is 114. The largest absolute Gasteiger partial charge is 0.358 e. The minimum atomic E-state index is 0. The first-order valence-corrected chi connectivity index (χ1v) is 66.0. The van der Waals surface area contributed by atoms with Crippen molar-refractivity contribution in [3.05, 3.63) is 289 Å². The van der Waals surface area contributed by atoms with Gasteiger partial charge in [0.25, 0.3) is 0 Å². The summed E-state index contributed by atoms with van der Waals surface area (Å²) in [6.07, 6.45) is 47.1. The van der Waals surface area contributed by atoms with Crippen molar-refractivity contribution in [2.24, 2.45) is 5.73 Å². The smallest absolute Gasteiger partial charge is 0.168 e. The normalized spacial score (nSPS) is 8.80. The molecular weight excluding hydrogens is 1880 g/mol. The Morgan fingerprint density at radius 1 is 0.221 bits per heavy atom. The number of pyridine rings is 5. The maximum absolute atomic E-state index is 4.85. The molecule has 0 atom stereocenters. The van der Waals surface area contributed by atoms with E-state index < -0.39 is 0 Å². The molecule has 3 aromatic carbocycles. The van der Waals surface area contributed by atoms with Gasteiger partial charge >= 0.3 is 0 Å². The van der Waals surface area contributed by atoms with Crippen LogP contribution in [0.5, 0.6) is 0 Å². The summed E-state index contributed by atoms with van der Waals surface area (Å²) in [6, 6.07) is 57.1. The average Bonchev–Trinajstić information content (AvgIpc) is 0.881. The van der Waals surface area contributed by atoms with Crippen molar-refractivity contribution in [2.75, 3.05) is 68.2 Å². The van der Waals surface area contributed by atoms with Crippen LogP contribution in [0.2, 0.25) is 0 Å². The van der Waals surface area contributed by atoms with Crippen molar-refractivity contribution < 1.29 is 18.3 Å². The molecule has 14 heteroatoms. The fraction of sp³-hybridized carbons (Fsp3) is 0.641.